The molecule has 0 aromatic heterocycles. The van der Waals surface area contributed by atoms with Gasteiger partial charge in [0.05, 0.1) is 5.92 Å². The fraction of sp³-hybridized carbons (Fsp3) is 0.769. The van der Waals surface area contributed by atoms with Crippen molar-refractivity contribution >= 4 is 17.5 Å². The molecule has 0 radical (unpaired) electrons. The second kappa shape index (κ2) is 4.24. The Morgan fingerprint density at radius 2 is 1.76 bits per heavy atom. The summed E-state index contributed by atoms with van der Waals surface area (Å²) in [6, 6.07) is 0. The van der Waals surface area contributed by atoms with Crippen molar-refractivity contribution in [2.24, 2.45) is 11.3 Å². The first-order chi connectivity index (χ1) is 7.89. The summed E-state index contributed by atoms with van der Waals surface area (Å²) in [7, 11) is 0. The van der Waals surface area contributed by atoms with Crippen LogP contribution in [0.1, 0.15) is 39.5 Å². The van der Waals surface area contributed by atoms with Gasteiger partial charge in [-0.05, 0) is 11.8 Å². The van der Waals surface area contributed by atoms with Gasteiger partial charge in [0.1, 0.15) is 11.6 Å². The zero-order chi connectivity index (χ0) is 12.6. The maximum Gasteiger partial charge on any atom is 0.222 e. The van der Waals surface area contributed by atoms with Crippen LogP contribution in [-0.4, -0.2) is 35.5 Å². The number of hydrogen-bond acceptors (Lipinski definition) is 3. The van der Waals surface area contributed by atoms with E-state index in [2.05, 4.69) is 0 Å². The standard InChI is InChI=1S/C13H19NO3/c1-13(2)6-10(15)9(11(16)7-13)8-14-5-3-4-12(14)17/h9H,3-8H2,1-2H3. The maximum absolute atomic E-state index is 12.0. The molecular weight excluding hydrogens is 218 g/mol. The number of amides is 1. The highest BCUT2D eigenvalue weighted by Gasteiger charge is 2.41. The minimum Gasteiger partial charge on any atom is -0.342 e. The van der Waals surface area contributed by atoms with Gasteiger partial charge < -0.3 is 4.90 Å². The summed E-state index contributed by atoms with van der Waals surface area (Å²) in [5.41, 5.74) is -0.209. The Balaban J connectivity index is 2.04. The zero-order valence-electron chi connectivity index (χ0n) is 10.5. The number of nitrogens with zero attached hydrogens (tertiary/aromatic N) is 1. The molecule has 0 spiro atoms. The van der Waals surface area contributed by atoms with Gasteiger partial charge in [0.25, 0.3) is 0 Å². The van der Waals surface area contributed by atoms with Crippen molar-refractivity contribution in [2.75, 3.05) is 13.1 Å². The smallest absolute Gasteiger partial charge is 0.222 e. The molecule has 1 aliphatic heterocycles. The first-order valence-electron chi connectivity index (χ1n) is 6.22. The average Bonchev–Trinajstić information content (AvgIpc) is 2.56. The van der Waals surface area contributed by atoms with Crippen molar-refractivity contribution in [3.8, 4) is 0 Å². The molecule has 2 rings (SSSR count). The van der Waals surface area contributed by atoms with E-state index in [4.69, 9.17) is 0 Å². The van der Waals surface area contributed by atoms with Gasteiger partial charge in [-0.25, -0.2) is 0 Å². The number of hydrogen-bond donors (Lipinski definition) is 0. The van der Waals surface area contributed by atoms with E-state index in [0.717, 1.165) is 6.42 Å². The van der Waals surface area contributed by atoms with Gasteiger partial charge in [-0.15, -0.1) is 0 Å². The normalized spacial score (nSPS) is 25.8. The molecule has 94 valence electrons. The number of carbonyl (C=O) groups excluding carboxylic acids is 3. The topological polar surface area (TPSA) is 54.5 Å². The lowest BCUT2D eigenvalue weighted by Crippen LogP contribution is -2.44. The largest absolute Gasteiger partial charge is 0.342 e. The van der Waals surface area contributed by atoms with Crippen LogP contribution in [0.2, 0.25) is 0 Å². The fourth-order valence-electron chi connectivity index (χ4n) is 2.75. The summed E-state index contributed by atoms with van der Waals surface area (Å²) < 4.78 is 0. The van der Waals surface area contributed by atoms with Crippen molar-refractivity contribution in [3.05, 3.63) is 0 Å². The van der Waals surface area contributed by atoms with E-state index >= 15 is 0 Å². The zero-order valence-corrected chi connectivity index (χ0v) is 10.5. The summed E-state index contributed by atoms with van der Waals surface area (Å²) in [4.78, 5) is 37.1. The molecule has 2 fully saturated rings. The molecule has 1 amide bonds. The van der Waals surface area contributed by atoms with Crippen molar-refractivity contribution in [1.82, 2.24) is 4.90 Å². The highest BCUT2D eigenvalue weighted by molar-refractivity contribution is 6.05. The molecule has 1 aliphatic carbocycles. The SMILES string of the molecule is CC1(C)CC(=O)C(CN2CCCC2=O)C(=O)C1. The van der Waals surface area contributed by atoms with Crippen LogP contribution in [0.4, 0.5) is 0 Å². The third kappa shape index (κ3) is 2.56. The Hall–Kier alpha value is -1.19. The molecular formula is C13H19NO3. The molecule has 4 heteroatoms. The monoisotopic (exact) mass is 237 g/mol. The van der Waals surface area contributed by atoms with Crippen molar-refractivity contribution in [2.45, 2.75) is 39.5 Å². The van der Waals surface area contributed by atoms with Crippen LogP contribution in [0.3, 0.4) is 0 Å². The van der Waals surface area contributed by atoms with E-state index < -0.39 is 5.92 Å². The van der Waals surface area contributed by atoms with Gasteiger partial charge in [0.15, 0.2) is 0 Å². The molecule has 0 N–H and O–H groups in total. The summed E-state index contributed by atoms with van der Waals surface area (Å²) >= 11 is 0. The second-order valence-corrected chi connectivity index (χ2v) is 5.95. The van der Waals surface area contributed by atoms with E-state index in [1.807, 2.05) is 13.8 Å². The molecule has 0 unspecified atom stereocenters. The lowest BCUT2D eigenvalue weighted by Gasteiger charge is -2.33. The van der Waals surface area contributed by atoms with Gasteiger partial charge in [-0.3, -0.25) is 14.4 Å². The lowest BCUT2D eigenvalue weighted by atomic mass is 9.71. The van der Waals surface area contributed by atoms with Crippen LogP contribution in [0.25, 0.3) is 0 Å². The molecule has 17 heavy (non-hydrogen) atoms. The average molecular weight is 237 g/mol. The molecule has 4 nitrogen and oxygen atoms in total. The first kappa shape index (κ1) is 12.3. The van der Waals surface area contributed by atoms with Crippen LogP contribution in [0.5, 0.6) is 0 Å². The molecule has 1 saturated heterocycles. The number of carbonyl (C=O) groups is 3. The predicted octanol–water partition coefficient (Wildman–Crippen LogP) is 1.18. The molecule has 1 saturated carbocycles. The third-order valence-corrected chi connectivity index (χ3v) is 3.66. The summed E-state index contributed by atoms with van der Waals surface area (Å²) in [6.07, 6.45) is 2.30. The van der Waals surface area contributed by atoms with E-state index in [1.54, 1.807) is 4.90 Å². The van der Waals surface area contributed by atoms with E-state index in [9.17, 15) is 14.4 Å². The van der Waals surface area contributed by atoms with Crippen LogP contribution in [0.15, 0.2) is 0 Å². The maximum atomic E-state index is 12.0. The Kier molecular flexibility index (Phi) is 3.06. The third-order valence-electron chi connectivity index (χ3n) is 3.66. The van der Waals surface area contributed by atoms with Gasteiger partial charge >= 0.3 is 0 Å². The van der Waals surface area contributed by atoms with E-state index in [0.29, 0.717) is 32.4 Å². The molecule has 0 aromatic rings. The van der Waals surface area contributed by atoms with E-state index in [-0.39, 0.29) is 22.9 Å². The van der Waals surface area contributed by atoms with Crippen LogP contribution in [0, 0.1) is 11.3 Å². The molecule has 0 bridgehead atoms. The predicted molar refractivity (Wildman–Crippen MR) is 62.3 cm³/mol. The molecule has 0 aromatic carbocycles. The van der Waals surface area contributed by atoms with Gasteiger partial charge in [0, 0.05) is 32.4 Å². The Morgan fingerprint density at radius 1 is 1.18 bits per heavy atom. The second-order valence-electron chi connectivity index (χ2n) is 5.95. The minimum atomic E-state index is -0.565. The van der Waals surface area contributed by atoms with Crippen molar-refractivity contribution < 1.29 is 14.4 Å². The van der Waals surface area contributed by atoms with E-state index in [1.165, 1.54) is 0 Å². The quantitative estimate of drug-likeness (QED) is 0.678. The van der Waals surface area contributed by atoms with Gasteiger partial charge in [-0.1, -0.05) is 13.8 Å². The summed E-state index contributed by atoms with van der Waals surface area (Å²) in [5.74, 6) is -0.475. The number of ketones is 2. The minimum absolute atomic E-state index is 0.00551. The van der Waals surface area contributed by atoms with Crippen LogP contribution < -0.4 is 0 Å². The van der Waals surface area contributed by atoms with Gasteiger partial charge in [-0.2, -0.15) is 0 Å². The Morgan fingerprint density at radius 3 is 2.24 bits per heavy atom. The number of rotatable bonds is 2. The summed E-state index contributed by atoms with van der Waals surface area (Å²) in [6.45, 7) is 4.89. The molecule has 0 atom stereocenters. The first-order valence-corrected chi connectivity index (χ1v) is 6.22. The highest BCUT2D eigenvalue weighted by atomic mass is 16.2. The number of likely N-dealkylation sites (tertiary alicyclic amines) is 1. The Bertz CT molecular complexity index is 353. The van der Waals surface area contributed by atoms with Crippen LogP contribution >= 0.6 is 0 Å². The summed E-state index contributed by atoms with van der Waals surface area (Å²) in [5, 5.41) is 0. The van der Waals surface area contributed by atoms with Crippen LogP contribution in [-0.2, 0) is 14.4 Å². The molecule has 1 heterocycles. The lowest BCUT2D eigenvalue weighted by molar-refractivity contribution is -0.141. The molecule has 2 aliphatic rings. The highest BCUT2D eigenvalue weighted by Crippen LogP contribution is 2.34. The Labute approximate surface area is 101 Å². The number of Topliss-reactive ketones (excluding diaryl/α,β-unsaturated/α-hetero) is 2. The van der Waals surface area contributed by atoms with Crippen molar-refractivity contribution in [1.29, 1.82) is 0 Å². The van der Waals surface area contributed by atoms with Crippen molar-refractivity contribution in [3.63, 3.8) is 0 Å². The van der Waals surface area contributed by atoms with Gasteiger partial charge in [0.2, 0.25) is 5.91 Å². The fourth-order valence-corrected chi connectivity index (χ4v) is 2.75.